The van der Waals surface area contributed by atoms with E-state index in [-0.39, 0.29) is 6.29 Å². The van der Waals surface area contributed by atoms with Crippen molar-refractivity contribution in [3.05, 3.63) is 30.3 Å². The highest BCUT2D eigenvalue weighted by molar-refractivity contribution is 7.99. The molecular formula is C14H20O2S. The van der Waals surface area contributed by atoms with Gasteiger partial charge >= 0.3 is 0 Å². The van der Waals surface area contributed by atoms with Crippen LogP contribution in [0.1, 0.15) is 25.7 Å². The molecule has 0 aliphatic carbocycles. The zero-order valence-corrected chi connectivity index (χ0v) is 11.0. The summed E-state index contributed by atoms with van der Waals surface area (Å²) in [6, 6.07) is 10.5. The van der Waals surface area contributed by atoms with Gasteiger partial charge in [-0.2, -0.15) is 0 Å². The fourth-order valence-electron chi connectivity index (χ4n) is 1.82. The number of thioether (sulfide) groups is 1. The van der Waals surface area contributed by atoms with E-state index in [0.717, 1.165) is 31.8 Å². The van der Waals surface area contributed by atoms with Gasteiger partial charge in [0.15, 0.2) is 6.29 Å². The van der Waals surface area contributed by atoms with Crippen molar-refractivity contribution in [1.82, 2.24) is 0 Å². The van der Waals surface area contributed by atoms with Crippen LogP contribution in [-0.4, -0.2) is 25.3 Å². The van der Waals surface area contributed by atoms with Crippen LogP contribution >= 0.6 is 11.8 Å². The van der Waals surface area contributed by atoms with Gasteiger partial charge in [-0.05, 0) is 37.8 Å². The van der Waals surface area contributed by atoms with Crippen LogP contribution in [0.25, 0.3) is 0 Å². The average molecular weight is 252 g/mol. The van der Waals surface area contributed by atoms with Gasteiger partial charge in [0.25, 0.3) is 0 Å². The van der Waals surface area contributed by atoms with Gasteiger partial charge in [-0.15, -0.1) is 11.8 Å². The van der Waals surface area contributed by atoms with Crippen LogP contribution in [0.3, 0.4) is 0 Å². The fourth-order valence-corrected chi connectivity index (χ4v) is 2.67. The van der Waals surface area contributed by atoms with E-state index in [9.17, 15) is 0 Å². The van der Waals surface area contributed by atoms with Gasteiger partial charge in [0, 0.05) is 17.3 Å². The van der Waals surface area contributed by atoms with Crippen molar-refractivity contribution < 1.29 is 9.47 Å². The topological polar surface area (TPSA) is 18.5 Å². The van der Waals surface area contributed by atoms with Crippen LogP contribution in [-0.2, 0) is 9.47 Å². The first-order valence-corrected chi connectivity index (χ1v) is 7.35. The Balaban J connectivity index is 1.51. The molecule has 2 nitrogen and oxygen atoms in total. The van der Waals surface area contributed by atoms with Gasteiger partial charge in [0.2, 0.25) is 0 Å². The molecule has 17 heavy (non-hydrogen) atoms. The lowest BCUT2D eigenvalue weighted by molar-refractivity contribution is -0.162. The molecule has 1 atom stereocenters. The summed E-state index contributed by atoms with van der Waals surface area (Å²) in [4.78, 5) is 1.33. The van der Waals surface area contributed by atoms with E-state index >= 15 is 0 Å². The number of benzene rings is 1. The van der Waals surface area contributed by atoms with Crippen molar-refractivity contribution in [3.8, 4) is 0 Å². The Hall–Kier alpha value is -0.510. The minimum absolute atomic E-state index is 0.0606. The highest BCUT2D eigenvalue weighted by Gasteiger charge is 2.13. The van der Waals surface area contributed by atoms with Gasteiger partial charge in [0.05, 0.1) is 6.61 Å². The summed E-state index contributed by atoms with van der Waals surface area (Å²) in [5, 5.41) is 0. The highest BCUT2D eigenvalue weighted by atomic mass is 32.2. The van der Waals surface area contributed by atoms with Crippen molar-refractivity contribution in [1.29, 1.82) is 0 Å². The molecule has 0 aromatic heterocycles. The Kier molecular flexibility index (Phi) is 5.89. The molecule has 1 aliphatic heterocycles. The van der Waals surface area contributed by atoms with Crippen molar-refractivity contribution >= 4 is 11.8 Å². The average Bonchev–Trinajstić information content (AvgIpc) is 2.41. The van der Waals surface area contributed by atoms with Crippen LogP contribution in [0.2, 0.25) is 0 Å². The summed E-state index contributed by atoms with van der Waals surface area (Å²) >= 11 is 1.89. The minimum atomic E-state index is 0.0606. The van der Waals surface area contributed by atoms with Crippen LogP contribution in [0.15, 0.2) is 35.2 Å². The SMILES string of the molecule is c1ccc(SCCCOC2CCCCO2)cc1. The third kappa shape index (κ3) is 5.11. The van der Waals surface area contributed by atoms with E-state index in [1.807, 2.05) is 17.8 Å². The molecule has 0 bridgehead atoms. The maximum Gasteiger partial charge on any atom is 0.157 e. The number of hydrogen-bond donors (Lipinski definition) is 0. The number of rotatable bonds is 6. The molecule has 1 heterocycles. The van der Waals surface area contributed by atoms with Gasteiger partial charge in [0.1, 0.15) is 0 Å². The molecule has 0 spiro atoms. The first-order valence-electron chi connectivity index (χ1n) is 6.36. The summed E-state index contributed by atoms with van der Waals surface area (Å²) in [7, 11) is 0. The smallest absolute Gasteiger partial charge is 0.157 e. The largest absolute Gasteiger partial charge is 0.353 e. The fraction of sp³-hybridized carbons (Fsp3) is 0.571. The van der Waals surface area contributed by atoms with Crippen LogP contribution in [0, 0.1) is 0 Å². The molecule has 0 saturated carbocycles. The third-order valence-corrected chi connectivity index (χ3v) is 3.84. The van der Waals surface area contributed by atoms with Crippen molar-refractivity contribution in [2.45, 2.75) is 36.9 Å². The first kappa shape index (κ1) is 12.9. The molecular weight excluding hydrogens is 232 g/mol. The van der Waals surface area contributed by atoms with Gasteiger partial charge < -0.3 is 9.47 Å². The van der Waals surface area contributed by atoms with E-state index in [0.29, 0.717) is 0 Å². The van der Waals surface area contributed by atoms with E-state index in [4.69, 9.17) is 9.47 Å². The molecule has 1 fully saturated rings. The standard InChI is InChI=1S/C14H20O2S/c1-2-7-13(8-3-1)17-12-6-11-16-14-9-4-5-10-15-14/h1-3,7-8,14H,4-6,9-12H2. The predicted molar refractivity (Wildman–Crippen MR) is 71.3 cm³/mol. The Bertz CT molecular complexity index is 296. The van der Waals surface area contributed by atoms with E-state index in [1.165, 1.54) is 17.7 Å². The molecule has 0 amide bonds. The Labute approximate surface area is 108 Å². The van der Waals surface area contributed by atoms with E-state index in [1.54, 1.807) is 0 Å². The highest BCUT2D eigenvalue weighted by Crippen LogP contribution is 2.18. The predicted octanol–water partition coefficient (Wildman–Crippen LogP) is 3.71. The molecule has 94 valence electrons. The third-order valence-electron chi connectivity index (χ3n) is 2.74. The summed E-state index contributed by atoms with van der Waals surface area (Å²) in [5.41, 5.74) is 0. The molecule has 1 aromatic carbocycles. The lowest BCUT2D eigenvalue weighted by Crippen LogP contribution is -2.22. The van der Waals surface area contributed by atoms with Crippen molar-refractivity contribution in [3.63, 3.8) is 0 Å². The van der Waals surface area contributed by atoms with Crippen molar-refractivity contribution in [2.24, 2.45) is 0 Å². The van der Waals surface area contributed by atoms with Gasteiger partial charge in [-0.1, -0.05) is 18.2 Å². The normalized spacial score (nSPS) is 20.4. The molecule has 0 radical (unpaired) electrons. The molecule has 1 saturated heterocycles. The Morgan fingerprint density at radius 1 is 1.24 bits per heavy atom. The summed E-state index contributed by atoms with van der Waals surface area (Å²) in [6.45, 7) is 1.67. The van der Waals surface area contributed by atoms with Crippen LogP contribution in [0.5, 0.6) is 0 Å². The molecule has 1 aliphatic rings. The second-order valence-corrected chi connectivity index (χ2v) is 5.35. The second-order valence-electron chi connectivity index (χ2n) is 4.18. The lowest BCUT2D eigenvalue weighted by atomic mass is 10.2. The van der Waals surface area contributed by atoms with E-state index < -0.39 is 0 Å². The Morgan fingerprint density at radius 2 is 2.12 bits per heavy atom. The van der Waals surface area contributed by atoms with Crippen LogP contribution in [0.4, 0.5) is 0 Å². The van der Waals surface area contributed by atoms with E-state index in [2.05, 4.69) is 24.3 Å². The summed E-state index contributed by atoms with van der Waals surface area (Å²) in [5.74, 6) is 1.11. The van der Waals surface area contributed by atoms with Crippen molar-refractivity contribution in [2.75, 3.05) is 19.0 Å². The monoisotopic (exact) mass is 252 g/mol. The van der Waals surface area contributed by atoms with Gasteiger partial charge in [-0.25, -0.2) is 0 Å². The van der Waals surface area contributed by atoms with Crippen LogP contribution < -0.4 is 0 Å². The lowest BCUT2D eigenvalue weighted by Gasteiger charge is -2.22. The quantitative estimate of drug-likeness (QED) is 0.568. The molecule has 1 unspecified atom stereocenters. The first-order chi connectivity index (χ1) is 8.45. The number of ether oxygens (including phenoxy) is 2. The minimum Gasteiger partial charge on any atom is -0.353 e. The molecule has 0 N–H and O–H groups in total. The molecule has 1 aromatic rings. The number of hydrogen-bond acceptors (Lipinski definition) is 3. The second kappa shape index (κ2) is 7.75. The Morgan fingerprint density at radius 3 is 2.88 bits per heavy atom. The molecule has 3 heteroatoms. The molecule has 2 rings (SSSR count). The maximum atomic E-state index is 5.69. The summed E-state index contributed by atoms with van der Waals surface area (Å²) < 4.78 is 11.2. The zero-order chi connectivity index (χ0) is 11.8. The zero-order valence-electron chi connectivity index (χ0n) is 10.1. The maximum absolute atomic E-state index is 5.69. The van der Waals surface area contributed by atoms with Gasteiger partial charge in [-0.3, -0.25) is 0 Å². The summed E-state index contributed by atoms with van der Waals surface area (Å²) in [6.07, 6.45) is 4.63.